The first-order valence-corrected chi connectivity index (χ1v) is 17.5. The lowest BCUT2D eigenvalue weighted by atomic mass is 9.74. The highest BCUT2D eigenvalue weighted by atomic mass is 19.1. The number of likely N-dealkylation sites (tertiary alicyclic amines) is 1. The van der Waals surface area contributed by atoms with Gasteiger partial charge in [0.2, 0.25) is 5.91 Å². The smallest absolute Gasteiger partial charge is 0.238 e. The van der Waals surface area contributed by atoms with Crippen molar-refractivity contribution in [3.8, 4) is 11.3 Å². The van der Waals surface area contributed by atoms with Crippen LogP contribution < -0.4 is 15.5 Å². The molecule has 1 amide bonds. The van der Waals surface area contributed by atoms with Crippen LogP contribution in [-0.4, -0.2) is 68.6 Å². The molecule has 3 aromatic heterocycles. The number of nitrogens with zero attached hydrogens (tertiary/aromatic N) is 6. The van der Waals surface area contributed by atoms with Crippen LogP contribution in [0.1, 0.15) is 76.8 Å². The summed E-state index contributed by atoms with van der Waals surface area (Å²) in [6.45, 7) is 8.32. The predicted molar refractivity (Wildman–Crippen MR) is 181 cm³/mol. The van der Waals surface area contributed by atoms with Crippen LogP contribution in [0, 0.1) is 11.2 Å². The molecule has 0 bridgehead atoms. The minimum Gasteiger partial charge on any atom is -0.336 e. The molecule has 2 saturated heterocycles. The van der Waals surface area contributed by atoms with Gasteiger partial charge in [-0.25, -0.2) is 14.4 Å². The zero-order chi connectivity index (χ0) is 31.9. The maximum Gasteiger partial charge on any atom is 0.238 e. The maximum atomic E-state index is 14.8. The monoisotopic (exact) mass is 634 g/mol. The Labute approximate surface area is 275 Å². The molecule has 10 heteroatoms. The second kappa shape index (κ2) is 10.8. The van der Waals surface area contributed by atoms with Crippen LogP contribution >= 0.6 is 0 Å². The summed E-state index contributed by atoms with van der Waals surface area (Å²) in [5, 5.41) is 6.72. The Morgan fingerprint density at radius 2 is 1.87 bits per heavy atom. The van der Waals surface area contributed by atoms with Gasteiger partial charge < -0.3 is 20.1 Å². The second-order valence-corrected chi connectivity index (χ2v) is 15.0. The number of piperidine rings is 2. The molecule has 244 valence electrons. The summed E-state index contributed by atoms with van der Waals surface area (Å²) in [5.74, 6) is 0.369. The lowest BCUT2D eigenvalue weighted by Crippen LogP contribution is -2.59. The molecule has 9 nitrogen and oxygen atoms in total. The van der Waals surface area contributed by atoms with Gasteiger partial charge in [0.15, 0.2) is 11.6 Å². The van der Waals surface area contributed by atoms with E-state index in [4.69, 9.17) is 9.97 Å². The van der Waals surface area contributed by atoms with Crippen LogP contribution in [0.5, 0.6) is 0 Å². The molecule has 47 heavy (non-hydrogen) atoms. The van der Waals surface area contributed by atoms with Crippen molar-refractivity contribution >= 4 is 34.1 Å². The Morgan fingerprint density at radius 1 is 1.04 bits per heavy atom. The van der Waals surface area contributed by atoms with Crippen molar-refractivity contribution < 1.29 is 9.18 Å². The fraction of sp³-hybridized carbons (Fsp3) is 0.514. The summed E-state index contributed by atoms with van der Waals surface area (Å²) in [5.41, 5.74) is 5.90. The molecule has 9 rings (SSSR count). The molecule has 2 saturated carbocycles. The zero-order valence-corrected chi connectivity index (χ0v) is 27.3. The van der Waals surface area contributed by atoms with Crippen molar-refractivity contribution in [2.24, 2.45) is 5.41 Å². The number of amides is 1. The largest absolute Gasteiger partial charge is 0.336 e. The lowest BCUT2D eigenvalue weighted by Gasteiger charge is -2.49. The van der Waals surface area contributed by atoms with E-state index in [0.717, 1.165) is 72.3 Å². The second-order valence-electron chi connectivity index (χ2n) is 15.0. The summed E-state index contributed by atoms with van der Waals surface area (Å²) in [6, 6.07) is 11.0. The topological polar surface area (TPSA) is 91.2 Å². The molecule has 1 aromatic carbocycles. The number of hydrogen-bond acceptors (Lipinski definition) is 7. The number of carbonyl (C=O) groups is 1. The van der Waals surface area contributed by atoms with Crippen molar-refractivity contribution in [3.05, 3.63) is 60.4 Å². The molecule has 5 aliphatic rings. The van der Waals surface area contributed by atoms with E-state index in [1.165, 1.54) is 45.0 Å². The Kier molecular flexibility index (Phi) is 6.74. The van der Waals surface area contributed by atoms with Crippen LogP contribution in [0.3, 0.4) is 0 Å². The Morgan fingerprint density at radius 3 is 2.64 bits per heavy atom. The molecule has 0 radical (unpaired) electrons. The van der Waals surface area contributed by atoms with Gasteiger partial charge in [-0.15, -0.1) is 0 Å². The highest BCUT2D eigenvalue weighted by molar-refractivity contribution is 6.09. The van der Waals surface area contributed by atoms with E-state index in [9.17, 15) is 9.18 Å². The van der Waals surface area contributed by atoms with Gasteiger partial charge in [-0.3, -0.25) is 14.7 Å². The van der Waals surface area contributed by atoms with Gasteiger partial charge in [-0.1, -0.05) is 12.1 Å². The summed E-state index contributed by atoms with van der Waals surface area (Å²) < 4.78 is 16.8. The molecule has 2 N–H and O–H groups in total. The van der Waals surface area contributed by atoms with E-state index in [1.807, 2.05) is 12.4 Å². The minimum atomic E-state index is -0.466. The number of carbonyl (C=O) groups excluding carboxylic acids is 1. The van der Waals surface area contributed by atoms with Crippen molar-refractivity contribution in [3.63, 3.8) is 0 Å². The first kappa shape index (κ1) is 29.3. The summed E-state index contributed by atoms with van der Waals surface area (Å²) >= 11 is 0. The molecular formula is C37H43FN8O. The van der Waals surface area contributed by atoms with Crippen LogP contribution in [-0.2, 0) is 10.2 Å². The number of aromatic nitrogens is 4. The SMILES string of the molecule is CC(C)n1cnc2cc(-c3ccc4c(c3)N(C3CC(N5CCCC6(CC6)C5)C3)C(=O)C43CCNCC3)nc(Nc3ccncc3F)c21. The van der Waals surface area contributed by atoms with Crippen molar-refractivity contribution in [2.45, 2.75) is 88.8 Å². The van der Waals surface area contributed by atoms with Crippen LogP contribution in [0.25, 0.3) is 22.3 Å². The number of halogens is 1. The Balaban J connectivity index is 1.09. The van der Waals surface area contributed by atoms with E-state index in [0.29, 0.717) is 23.0 Å². The maximum absolute atomic E-state index is 14.8. The molecule has 3 aliphatic heterocycles. The fourth-order valence-corrected chi connectivity index (χ4v) is 8.95. The first-order valence-electron chi connectivity index (χ1n) is 17.5. The van der Waals surface area contributed by atoms with E-state index in [-0.39, 0.29) is 18.0 Å². The number of rotatable bonds is 6. The van der Waals surface area contributed by atoms with Gasteiger partial charge in [0.25, 0.3) is 0 Å². The summed E-state index contributed by atoms with van der Waals surface area (Å²) in [7, 11) is 0. The van der Waals surface area contributed by atoms with Crippen LogP contribution in [0.4, 0.5) is 21.6 Å². The van der Waals surface area contributed by atoms with E-state index in [2.05, 4.69) is 62.0 Å². The molecule has 4 fully saturated rings. The van der Waals surface area contributed by atoms with Gasteiger partial charge in [-0.05, 0) is 114 Å². The molecule has 0 unspecified atom stereocenters. The van der Waals surface area contributed by atoms with Gasteiger partial charge in [-0.2, -0.15) is 0 Å². The molecular weight excluding hydrogens is 591 g/mol. The lowest BCUT2D eigenvalue weighted by molar-refractivity contribution is -0.125. The number of benzene rings is 1. The standard InChI is InChI=1S/C37H43FN8O/c1-23(2)45-22-41-31-19-30(43-34(33(31)45)42-29-6-12-40-20-28(29)38)24-4-5-27-32(16-24)46(35(47)37(27)10-13-39-14-11-37)26-17-25(18-26)44-15-3-7-36(21-44)8-9-36/h4-6,12,16,19-20,22-23,25-26,39H,3,7-11,13-15,17-18,21H2,1-2H3,(H,40,42,43). The third kappa shape index (κ3) is 4.70. The quantitative estimate of drug-likeness (QED) is 0.256. The summed E-state index contributed by atoms with van der Waals surface area (Å²) in [4.78, 5) is 33.2. The van der Waals surface area contributed by atoms with Gasteiger partial charge in [0, 0.05) is 42.1 Å². The third-order valence-electron chi connectivity index (χ3n) is 11.9. The molecule has 0 atom stereocenters. The van der Waals surface area contributed by atoms with Crippen LogP contribution in [0.2, 0.25) is 0 Å². The third-order valence-corrected chi connectivity index (χ3v) is 11.9. The van der Waals surface area contributed by atoms with Gasteiger partial charge >= 0.3 is 0 Å². The number of nitrogens with one attached hydrogen (secondary N) is 2. The Hall–Kier alpha value is -3.89. The molecule has 6 heterocycles. The van der Waals surface area contributed by atoms with Crippen molar-refractivity contribution in [2.75, 3.05) is 36.4 Å². The Bertz CT molecular complexity index is 1870. The van der Waals surface area contributed by atoms with E-state index >= 15 is 0 Å². The minimum absolute atomic E-state index is 0.141. The molecule has 2 spiro atoms. The number of anilines is 3. The highest BCUT2D eigenvalue weighted by Gasteiger charge is 2.55. The first-order chi connectivity index (χ1) is 22.8. The molecule has 2 aliphatic carbocycles. The molecule has 4 aromatic rings. The zero-order valence-electron chi connectivity index (χ0n) is 27.3. The number of hydrogen-bond donors (Lipinski definition) is 2. The van der Waals surface area contributed by atoms with E-state index < -0.39 is 11.2 Å². The number of imidazole rings is 1. The average molecular weight is 635 g/mol. The van der Waals surface area contributed by atoms with Gasteiger partial charge in [0.1, 0.15) is 5.52 Å². The van der Waals surface area contributed by atoms with Gasteiger partial charge in [0.05, 0.1) is 34.8 Å². The fourth-order valence-electron chi connectivity index (χ4n) is 8.95. The van der Waals surface area contributed by atoms with Crippen molar-refractivity contribution in [1.29, 1.82) is 0 Å². The summed E-state index contributed by atoms with van der Waals surface area (Å²) in [6.07, 6.45) is 13.8. The van der Waals surface area contributed by atoms with E-state index in [1.54, 1.807) is 12.3 Å². The number of fused-ring (bicyclic) bond motifs is 3. The average Bonchev–Trinajstić information content (AvgIpc) is 3.57. The highest BCUT2D eigenvalue weighted by Crippen LogP contribution is 2.55. The normalized spacial score (nSPS) is 24.7. The number of pyridine rings is 2. The van der Waals surface area contributed by atoms with Crippen molar-refractivity contribution in [1.82, 2.24) is 29.7 Å². The predicted octanol–water partition coefficient (Wildman–Crippen LogP) is 6.33. The van der Waals surface area contributed by atoms with Crippen LogP contribution in [0.15, 0.2) is 49.1 Å².